The van der Waals surface area contributed by atoms with Crippen LogP contribution >= 0.6 is 0 Å². The molecule has 0 unspecified atom stereocenters. The van der Waals surface area contributed by atoms with E-state index in [-0.39, 0.29) is 11.6 Å². The molecule has 1 aromatic heterocycles. The van der Waals surface area contributed by atoms with Gasteiger partial charge in [-0.2, -0.15) is 0 Å². The van der Waals surface area contributed by atoms with Gasteiger partial charge in [-0.05, 0) is 0 Å². The predicted octanol–water partition coefficient (Wildman–Crippen LogP) is -1.51. The number of hydrogen-bond donors (Lipinski definition) is 3. The highest BCUT2D eigenvalue weighted by molar-refractivity contribution is 5.95. The molecule has 0 aliphatic heterocycles. The maximum Gasteiger partial charge on any atom is 0.326 e. The first kappa shape index (κ1) is 8.05. The standard InChI is InChI=1S/C5H7N5O2/c6-2-1-9-4(3(7)11)10(2)5(8)12/h1H,6H2,(H2,7,11)(H2,8,12). The summed E-state index contributed by atoms with van der Waals surface area (Å²) in [6.45, 7) is 0. The lowest BCUT2D eigenvalue weighted by molar-refractivity contribution is 0.0988. The number of primary amides is 2. The van der Waals surface area contributed by atoms with Gasteiger partial charge in [0.1, 0.15) is 5.82 Å². The first-order chi connectivity index (χ1) is 5.54. The lowest BCUT2D eigenvalue weighted by atomic mass is 10.6. The molecule has 1 aromatic rings. The van der Waals surface area contributed by atoms with Crippen molar-refractivity contribution in [1.82, 2.24) is 9.55 Å². The Labute approximate surface area is 67.1 Å². The zero-order valence-corrected chi connectivity index (χ0v) is 6.02. The van der Waals surface area contributed by atoms with E-state index in [4.69, 9.17) is 17.2 Å². The van der Waals surface area contributed by atoms with Crippen molar-refractivity contribution >= 4 is 17.8 Å². The molecule has 0 aromatic carbocycles. The van der Waals surface area contributed by atoms with E-state index in [0.717, 1.165) is 10.8 Å². The van der Waals surface area contributed by atoms with Gasteiger partial charge in [-0.15, -0.1) is 0 Å². The van der Waals surface area contributed by atoms with E-state index in [1.165, 1.54) is 0 Å². The smallest absolute Gasteiger partial charge is 0.326 e. The van der Waals surface area contributed by atoms with Crippen molar-refractivity contribution in [1.29, 1.82) is 0 Å². The Hall–Kier alpha value is -2.05. The third kappa shape index (κ3) is 1.07. The van der Waals surface area contributed by atoms with Crippen LogP contribution in [-0.4, -0.2) is 21.5 Å². The second-order valence-electron chi connectivity index (χ2n) is 2.04. The number of amides is 2. The van der Waals surface area contributed by atoms with E-state index in [1.54, 1.807) is 0 Å². The molecule has 2 amide bonds. The highest BCUT2D eigenvalue weighted by Crippen LogP contribution is 2.04. The van der Waals surface area contributed by atoms with Crippen molar-refractivity contribution in [2.45, 2.75) is 0 Å². The van der Waals surface area contributed by atoms with Gasteiger partial charge < -0.3 is 17.2 Å². The molecule has 0 bridgehead atoms. The number of imidazole rings is 1. The molecule has 6 N–H and O–H groups in total. The fourth-order valence-corrected chi connectivity index (χ4v) is 0.770. The van der Waals surface area contributed by atoms with Crippen LogP contribution in [0.5, 0.6) is 0 Å². The monoisotopic (exact) mass is 169 g/mol. The Morgan fingerprint density at radius 3 is 2.33 bits per heavy atom. The summed E-state index contributed by atoms with van der Waals surface area (Å²) in [7, 11) is 0. The van der Waals surface area contributed by atoms with E-state index in [9.17, 15) is 9.59 Å². The summed E-state index contributed by atoms with van der Waals surface area (Å²) in [6, 6.07) is -0.890. The molecule has 0 atom stereocenters. The van der Waals surface area contributed by atoms with Crippen molar-refractivity contribution in [2.75, 3.05) is 5.73 Å². The summed E-state index contributed by atoms with van der Waals surface area (Å²) in [4.78, 5) is 24.8. The quantitative estimate of drug-likeness (QED) is 0.471. The van der Waals surface area contributed by atoms with Gasteiger partial charge in [-0.1, -0.05) is 0 Å². The second-order valence-corrected chi connectivity index (χ2v) is 2.04. The molecule has 1 rings (SSSR count). The van der Waals surface area contributed by atoms with E-state index in [0.29, 0.717) is 0 Å². The minimum absolute atomic E-state index is 0.0173. The fourth-order valence-electron chi connectivity index (χ4n) is 0.770. The van der Waals surface area contributed by atoms with Gasteiger partial charge in [0.25, 0.3) is 5.91 Å². The van der Waals surface area contributed by atoms with E-state index >= 15 is 0 Å². The van der Waals surface area contributed by atoms with Crippen molar-refractivity contribution in [3.63, 3.8) is 0 Å². The van der Waals surface area contributed by atoms with Crippen molar-refractivity contribution < 1.29 is 9.59 Å². The zero-order valence-electron chi connectivity index (χ0n) is 6.02. The van der Waals surface area contributed by atoms with Gasteiger partial charge in [0.05, 0.1) is 6.20 Å². The second kappa shape index (κ2) is 2.53. The molecule has 7 nitrogen and oxygen atoms in total. The van der Waals surface area contributed by atoms with Crippen LogP contribution in [0.2, 0.25) is 0 Å². The molecule has 0 spiro atoms. The lowest BCUT2D eigenvalue weighted by Gasteiger charge is -1.99. The topological polar surface area (TPSA) is 130 Å². The Morgan fingerprint density at radius 2 is 2.00 bits per heavy atom. The number of rotatable bonds is 1. The average molecular weight is 169 g/mol. The number of carbonyl (C=O) groups is 2. The first-order valence-corrected chi connectivity index (χ1v) is 2.97. The normalized spacial score (nSPS) is 9.67. The van der Waals surface area contributed by atoms with Crippen LogP contribution in [0.1, 0.15) is 10.6 Å². The van der Waals surface area contributed by atoms with Crippen LogP contribution in [0, 0.1) is 0 Å². The summed E-state index contributed by atoms with van der Waals surface area (Å²) < 4.78 is 0.738. The zero-order chi connectivity index (χ0) is 9.30. The highest BCUT2D eigenvalue weighted by Gasteiger charge is 2.15. The van der Waals surface area contributed by atoms with Crippen LogP contribution in [0.3, 0.4) is 0 Å². The van der Waals surface area contributed by atoms with Crippen LogP contribution in [0.25, 0.3) is 0 Å². The molecule has 12 heavy (non-hydrogen) atoms. The molecule has 0 radical (unpaired) electrons. The summed E-state index contributed by atoms with van der Waals surface area (Å²) in [6.07, 6.45) is 1.13. The Kier molecular flexibility index (Phi) is 1.70. The van der Waals surface area contributed by atoms with Crippen molar-refractivity contribution in [2.24, 2.45) is 11.5 Å². The van der Waals surface area contributed by atoms with Gasteiger partial charge in [0.2, 0.25) is 5.82 Å². The third-order valence-corrected chi connectivity index (χ3v) is 1.23. The molecular weight excluding hydrogens is 162 g/mol. The van der Waals surface area contributed by atoms with Gasteiger partial charge in [0.15, 0.2) is 0 Å². The number of nitrogens with two attached hydrogens (primary N) is 3. The van der Waals surface area contributed by atoms with E-state index < -0.39 is 11.9 Å². The third-order valence-electron chi connectivity index (χ3n) is 1.23. The number of nitrogen functional groups attached to an aromatic ring is 1. The SMILES string of the molecule is NC(=O)c1ncc(N)n1C(N)=O. The van der Waals surface area contributed by atoms with Gasteiger partial charge in [-0.3, -0.25) is 4.79 Å². The number of nitrogens with zero attached hydrogens (tertiary/aromatic N) is 2. The first-order valence-electron chi connectivity index (χ1n) is 2.97. The maximum absolute atomic E-state index is 10.7. The molecule has 0 aliphatic rings. The number of anilines is 1. The minimum atomic E-state index is -0.890. The molecule has 64 valence electrons. The number of carbonyl (C=O) groups excluding carboxylic acids is 2. The summed E-state index contributed by atoms with van der Waals surface area (Å²) in [5.41, 5.74) is 15.0. The Morgan fingerprint density at radius 1 is 1.42 bits per heavy atom. The molecule has 7 heteroatoms. The Balaban J connectivity index is 3.31. The summed E-state index contributed by atoms with van der Waals surface area (Å²) in [5, 5.41) is 0. The van der Waals surface area contributed by atoms with Gasteiger partial charge >= 0.3 is 6.03 Å². The Bertz CT molecular complexity index is 342. The van der Waals surface area contributed by atoms with E-state index in [2.05, 4.69) is 4.98 Å². The van der Waals surface area contributed by atoms with E-state index in [1.807, 2.05) is 0 Å². The fraction of sp³-hybridized carbons (Fsp3) is 0. The molecule has 0 aliphatic carbocycles. The molecule has 1 heterocycles. The van der Waals surface area contributed by atoms with Crippen molar-refractivity contribution in [3.05, 3.63) is 12.0 Å². The largest absolute Gasteiger partial charge is 0.383 e. The highest BCUT2D eigenvalue weighted by atomic mass is 16.2. The minimum Gasteiger partial charge on any atom is -0.383 e. The average Bonchev–Trinajstić information content (AvgIpc) is 2.30. The summed E-state index contributed by atoms with van der Waals surface area (Å²) >= 11 is 0. The molecule has 0 saturated heterocycles. The van der Waals surface area contributed by atoms with Crippen molar-refractivity contribution in [3.8, 4) is 0 Å². The predicted molar refractivity (Wildman–Crippen MR) is 40.1 cm³/mol. The van der Waals surface area contributed by atoms with Gasteiger partial charge in [-0.25, -0.2) is 14.3 Å². The lowest BCUT2D eigenvalue weighted by Crippen LogP contribution is -2.28. The molecular formula is C5H7N5O2. The van der Waals surface area contributed by atoms with Crippen LogP contribution in [0.4, 0.5) is 10.6 Å². The summed E-state index contributed by atoms with van der Waals surface area (Å²) in [5.74, 6) is -1.14. The molecule has 0 fully saturated rings. The number of aromatic nitrogens is 2. The van der Waals surface area contributed by atoms with Crippen LogP contribution in [-0.2, 0) is 0 Å². The van der Waals surface area contributed by atoms with Crippen LogP contribution in [0.15, 0.2) is 6.20 Å². The van der Waals surface area contributed by atoms with Crippen LogP contribution < -0.4 is 17.2 Å². The number of hydrogen-bond acceptors (Lipinski definition) is 4. The van der Waals surface area contributed by atoms with Gasteiger partial charge in [0, 0.05) is 0 Å². The maximum atomic E-state index is 10.7. The molecule has 0 saturated carbocycles.